The number of fused-ring (bicyclic) bond motifs is 1. The van der Waals surface area contributed by atoms with Crippen molar-refractivity contribution in [3.8, 4) is 11.4 Å². The number of aromatic nitrogens is 3. The molecule has 1 unspecified atom stereocenters. The fraction of sp³-hybridized carbons (Fsp3) is 0.333. The van der Waals surface area contributed by atoms with Gasteiger partial charge in [0.25, 0.3) is 0 Å². The molecule has 1 aromatic heterocycles. The van der Waals surface area contributed by atoms with E-state index in [0.29, 0.717) is 0 Å². The quantitative estimate of drug-likeness (QED) is 0.874. The van der Waals surface area contributed by atoms with E-state index in [9.17, 15) is 0 Å². The van der Waals surface area contributed by atoms with Crippen LogP contribution in [-0.4, -0.2) is 20.8 Å². The standard InChI is InChI=1S/C12H13BrN4/c13-10-4-2-1-3-9(10)12-15-11-7-8(14)5-6-17(11)16-12/h1-4,8H,5-7,14H2. The molecule has 0 saturated heterocycles. The van der Waals surface area contributed by atoms with Gasteiger partial charge in [-0.05, 0) is 18.6 Å². The molecule has 1 aliphatic rings. The Kier molecular flexibility index (Phi) is 2.72. The number of hydrogen-bond acceptors (Lipinski definition) is 3. The van der Waals surface area contributed by atoms with Gasteiger partial charge in [-0.15, -0.1) is 0 Å². The first-order chi connectivity index (χ1) is 8.24. The molecule has 0 saturated carbocycles. The van der Waals surface area contributed by atoms with Crippen LogP contribution in [0, 0.1) is 0 Å². The highest BCUT2D eigenvalue weighted by molar-refractivity contribution is 9.10. The maximum Gasteiger partial charge on any atom is 0.182 e. The zero-order valence-electron chi connectivity index (χ0n) is 9.31. The summed E-state index contributed by atoms with van der Waals surface area (Å²) in [6, 6.07) is 8.22. The largest absolute Gasteiger partial charge is 0.327 e. The first-order valence-corrected chi connectivity index (χ1v) is 6.47. The Hall–Kier alpha value is -1.20. The van der Waals surface area contributed by atoms with Crippen molar-refractivity contribution < 1.29 is 0 Å². The molecule has 1 aromatic carbocycles. The Morgan fingerprint density at radius 3 is 3.00 bits per heavy atom. The van der Waals surface area contributed by atoms with E-state index < -0.39 is 0 Å². The van der Waals surface area contributed by atoms with Crippen LogP contribution in [0.2, 0.25) is 0 Å². The number of halogens is 1. The second-order valence-corrected chi connectivity index (χ2v) is 5.16. The smallest absolute Gasteiger partial charge is 0.182 e. The fourth-order valence-corrected chi connectivity index (χ4v) is 2.55. The third kappa shape index (κ3) is 2.00. The molecule has 2 N–H and O–H groups in total. The van der Waals surface area contributed by atoms with Gasteiger partial charge >= 0.3 is 0 Å². The second kappa shape index (κ2) is 4.23. The Labute approximate surface area is 108 Å². The molecular formula is C12H13BrN4. The van der Waals surface area contributed by atoms with Crippen molar-refractivity contribution in [2.45, 2.75) is 25.4 Å². The van der Waals surface area contributed by atoms with Gasteiger partial charge in [-0.2, -0.15) is 5.10 Å². The molecule has 5 heteroatoms. The summed E-state index contributed by atoms with van der Waals surface area (Å²) in [6.07, 6.45) is 1.79. The predicted octanol–water partition coefficient (Wildman–Crippen LogP) is 1.98. The molecule has 0 fully saturated rings. The van der Waals surface area contributed by atoms with Crippen LogP contribution in [0.5, 0.6) is 0 Å². The molecule has 0 amide bonds. The molecule has 2 heterocycles. The second-order valence-electron chi connectivity index (χ2n) is 4.31. The van der Waals surface area contributed by atoms with Gasteiger partial charge in [-0.25, -0.2) is 9.67 Å². The van der Waals surface area contributed by atoms with Crippen molar-refractivity contribution in [1.82, 2.24) is 14.8 Å². The number of nitrogens with zero attached hydrogens (tertiary/aromatic N) is 3. The lowest BCUT2D eigenvalue weighted by Crippen LogP contribution is -2.31. The molecule has 1 aliphatic heterocycles. The molecule has 0 spiro atoms. The normalized spacial score (nSPS) is 19.1. The maximum absolute atomic E-state index is 5.94. The number of nitrogens with two attached hydrogens (primary N) is 1. The van der Waals surface area contributed by atoms with Crippen molar-refractivity contribution in [2.75, 3.05) is 0 Å². The Bertz CT molecular complexity index is 549. The van der Waals surface area contributed by atoms with Crippen LogP contribution < -0.4 is 5.73 Å². The number of hydrogen-bond donors (Lipinski definition) is 1. The highest BCUT2D eigenvalue weighted by atomic mass is 79.9. The molecule has 17 heavy (non-hydrogen) atoms. The summed E-state index contributed by atoms with van der Waals surface area (Å²) in [7, 11) is 0. The van der Waals surface area contributed by atoms with Gasteiger partial charge in [0.2, 0.25) is 0 Å². The summed E-state index contributed by atoms with van der Waals surface area (Å²) in [6.45, 7) is 0.869. The van der Waals surface area contributed by atoms with Gasteiger partial charge in [0.1, 0.15) is 5.82 Å². The summed E-state index contributed by atoms with van der Waals surface area (Å²) >= 11 is 3.52. The lowest BCUT2D eigenvalue weighted by Gasteiger charge is -2.17. The molecule has 4 nitrogen and oxygen atoms in total. The van der Waals surface area contributed by atoms with E-state index in [1.807, 2.05) is 28.9 Å². The summed E-state index contributed by atoms with van der Waals surface area (Å²) in [5.41, 5.74) is 6.97. The van der Waals surface area contributed by atoms with Gasteiger partial charge in [0.05, 0.1) is 0 Å². The van der Waals surface area contributed by atoms with E-state index in [1.165, 1.54) is 0 Å². The number of rotatable bonds is 1. The van der Waals surface area contributed by atoms with Crippen molar-refractivity contribution in [1.29, 1.82) is 0 Å². The molecule has 0 bridgehead atoms. The molecule has 0 radical (unpaired) electrons. The molecule has 88 valence electrons. The molecule has 1 atom stereocenters. The van der Waals surface area contributed by atoms with Crippen LogP contribution in [0.3, 0.4) is 0 Å². The minimum absolute atomic E-state index is 0.221. The average Bonchev–Trinajstić information content (AvgIpc) is 2.72. The van der Waals surface area contributed by atoms with Crippen LogP contribution >= 0.6 is 15.9 Å². The third-order valence-corrected chi connectivity index (χ3v) is 3.71. The van der Waals surface area contributed by atoms with Gasteiger partial charge in [0.15, 0.2) is 5.82 Å². The highest BCUT2D eigenvalue weighted by Gasteiger charge is 2.20. The van der Waals surface area contributed by atoms with E-state index in [1.54, 1.807) is 0 Å². The monoisotopic (exact) mass is 292 g/mol. The predicted molar refractivity (Wildman–Crippen MR) is 69.5 cm³/mol. The molecule has 3 rings (SSSR count). The van der Waals surface area contributed by atoms with E-state index in [0.717, 1.165) is 41.1 Å². The lowest BCUT2D eigenvalue weighted by atomic mass is 10.1. The van der Waals surface area contributed by atoms with Gasteiger partial charge in [0, 0.05) is 29.0 Å². The summed E-state index contributed by atoms with van der Waals surface area (Å²) in [5, 5.41) is 4.54. The van der Waals surface area contributed by atoms with E-state index >= 15 is 0 Å². The molecule has 0 aliphatic carbocycles. The van der Waals surface area contributed by atoms with Crippen LogP contribution in [0.25, 0.3) is 11.4 Å². The first kappa shape index (κ1) is 10.9. The van der Waals surface area contributed by atoms with Crippen LogP contribution in [0.4, 0.5) is 0 Å². The Morgan fingerprint density at radius 2 is 2.18 bits per heavy atom. The zero-order chi connectivity index (χ0) is 11.8. The Morgan fingerprint density at radius 1 is 1.35 bits per heavy atom. The van der Waals surface area contributed by atoms with Gasteiger partial charge in [-0.3, -0.25) is 0 Å². The van der Waals surface area contributed by atoms with E-state index in [4.69, 9.17) is 5.73 Å². The van der Waals surface area contributed by atoms with Crippen LogP contribution in [0.15, 0.2) is 28.7 Å². The van der Waals surface area contributed by atoms with Crippen LogP contribution in [0.1, 0.15) is 12.2 Å². The summed E-state index contributed by atoms with van der Waals surface area (Å²) in [5.74, 6) is 1.77. The minimum atomic E-state index is 0.221. The third-order valence-electron chi connectivity index (χ3n) is 3.02. The van der Waals surface area contributed by atoms with Crippen molar-refractivity contribution in [2.24, 2.45) is 5.73 Å². The lowest BCUT2D eigenvalue weighted by molar-refractivity contribution is 0.433. The topological polar surface area (TPSA) is 56.7 Å². The molecule has 2 aromatic rings. The van der Waals surface area contributed by atoms with E-state index in [2.05, 4.69) is 26.0 Å². The average molecular weight is 293 g/mol. The zero-order valence-corrected chi connectivity index (χ0v) is 10.9. The summed E-state index contributed by atoms with van der Waals surface area (Å²) < 4.78 is 2.99. The fourth-order valence-electron chi connectivity index (χ4n) is 2.09. The number of aryl methyl sites for hydroxylation is 1. The van der Waals surface area contributed by atoms with Crippen LogP contribution in [-0.2, 0) is 13.0 Å². The summed E-state index contributed by atoms with van der Waals surface area (Å²) in [4.78, 5) is 4.57. The number of benzene rings is 1. The Balaban J connectivity index is 2.03. The van der Waals surface area contributed by atoms with E-state index in [-0.39, 0.29) is 6.04 Å². The van der Waals surface area contributed by atoms with Gasteiger partial charge < -0.3 is 5.73 Å². The van der Waals surface area contributed by atoms with Crippen molar-refractivity contribution in [3.63, 3.8) is 0 Å². The van der Waals surface area contributed by atoms with Crippen molar-refractivity contribution >= 4 is 15.9 Å². The van der Waals surface area contributed by atoms with Crippen molar-refractivity contribution in [3.05, 3.63) is 34.6 Å². The van der Waals surface area contributed by atoms with Gasteiger partial charge in [-0.1, -0.05) is 28.1 Å². The SMILES string of the molecule is NC1CCn2nc(-c3ccccc3Br)nc2C1. The maximum atomic E-state index is 5.94. The molecular weight excluding hydrogens is 280 g/mol. The first-order valence-electron chi connectivity index (χ1n) is 5.68. The highest BCUT2D eigenvalue weighted by Crippen LogP contribution is 2.26. The minimum Gasteiger partial charge on any atom is -0.327 e.